The lowest BCUT2D eigenvalue weighted by Gasteiger charge is -2.14. The molecule has 0 radical (unpaired) electrons. The lowest BCUT2D eigenvalue weighted by molar-refractivity contribution is -0.138. The fourth-order valence-corrected chi connectivity index (χ4v) is 1.06. The van der Waals surface area contributed by atoms with E-state index in [4.69, 9.17) is 5.73 Å². The van der Waals surface area contributed by atoms with E-state index in [2.05, 4.69) is 11.6 Å². The standard InChI is InChI=1S/C9H9F3N2/c1-2-8(13)6-5-14-4-3-7(6)9(10,11)12/h2-5,8H,1,13H2/t8-/m1/s1. The van der Waals surface area contributed by atoms with Crippen LogP contribution in [0.3, 0.4) is 0 Å². The van der Waals surface area contributed by atoms with Gasteiger partial charge in [0.2, 0.25) is 0 Å². The third-order valence-corrected chi connectivity index (χ3v) is 1.77. The van der Waals surface area contributed by atoms with Gasteiger partial charge in [-0.15, -0.1) is 6.58 Å². The van der Waals surface area contributed by atoms with Crippen LogP contribution in [-0.2, 0) is 6.18 Å². The Bertz CT molecular complexity index is 333. The zero-order valence-corrected chi connectivity index (χ0v) is 7.25. The fraction of sp³-hybridized carbons (Fsp3) is 0.222. The van der Waals surface area contributed by atoms with Crippen molar-refractivity contribution in [1.82, 2.24) is 4.98 Å². The molecule has 0 aromatic carbocycles. The molecule has 0 aliphatic carbocycles. The summed E-state index contributed by atoms with van der Waals surface area (Å²) in [6, 6.07) is 0.0546. The monoisotopic (exact) mass is 202 g/mol. The molecule has 0 aliphatic rings. The van der Waals surface area contributed by atoms with Crippen LogP contribution >= 0.6 is 0 Å². The molecule has 2 N–H and O–H groups in total. The maximum absolute atomic E-state index is 12.4. The van der Waals surface area contributed by atoms with Crippen molar-refractivity contribution < 1.29 is 13.2 Å². The molecule has 1 aromatic rings. The molecular weight excluding hydrogens is 193 g/mol. The van der Waals surface area contributed by atoms with Crippen LogP contribution in [0.4, 0.5) is 13.2 Å². The zero-order valence-electron chi connectivity index (χ0n) is 7.25. The second kappa shape index (κ2) is 3.79. The second-order valence-electron chi connectivity index (χ2n) is 2.72. The number of nitrogens with zero attached hydrogens (tertiary/aromatic N) is 1. The highest BCUT2D eigenvalue weighted by Gasteiger charge is 2.34. The first-order valence-electron chi connectivity index (χ1n) is 3.86. The van der Waals surface area contributed by atoms with Gasteiger partial charge in [0.25, 0.3) is 0 Å². The van der Waals surface area contributed by atoms with Crippen molar-refractivity contribution in [2.75, 3.05) is 0 Å². The molecule has 1 aromatic heterocycles. The maximum atomic E-state index is 12.4. The van der Waals surface area contributed by atoms with E-state index >= 15 is 0 Å². The molecule has 0 saturated heterocycles. The Morgan fingerprint density at radius 1 is 1.50 bits per heavy atom. The van der Waals surface area contributed by atoms with E-state index in [-0.39, 0.29) is 5.56 Å². The van der Waals surface area contributed by atoms with E-state index in [1.165, 1.54) is 6.08 Å². The maximum Gasteiger partial charge on any atom is 0.416 e. The normalized spacial score (nSPS) is 13.7. The third-order valence-electron chi connectivity index (χ3n) is 1.77. The molecule has 0 fully saturated rings. The molecule has 0 amide bonds. The second-order valence-corrected chi connectivity index (χ2v) is 2.72. The van der Waals surface area contributed by atoms with Gasteiger partial charge >= 0.3 is 6.18 Å². The van der Waals surface area contributed by atoms with Gasteiger partial charge in [0.1, 0.15) is 0 Å². The van der Waals surface area contributed by atoms with Crippen LogP contribution in [0.5, 0.6) is 0 Å². The van der Waals surface area contributed by atoms with Crippen LogP contribution in [0.25, 0.3) is 0 Å². The quantitative estimate of drug-likeness (QED) is 0.747. The van der Waals surface area contributed by atoms with Gasteiger partial charge in [-0.3, -0.25) is 4.98 Å². The molecule has 1 rings (SSSR count). The number of halogens is 3. The van der Waals surface area contributed by atoms with Crippen LogP contribution in [0.1, 0.15) is 17.2 Å². The Labute approximate surface area is 79.3 Å². The molecule has 0 aliphatic heterocycles. The summed E-state index contributed by atoms with van der Waals surface area (Å²) in [5.41, 5.74) is 4.61. The van der Waals surface area contributed by atoms with Crippen molar-refractivity contribution in [3.8, 4) is 0 Å². The highest BCUT2D eigenvalue weighted by Crippen LogP contribution is 2.33. The summed E-state index contributed by atoms with van der Waals surface area (Å²) >= 11 is 0. The molecule has 1 heterocycles. The summed E-state index contributed by atoms with van der Waals surface area (Å²) in [6.45, 7) is 3.34. The van der Waals surface area contributed by atoms with Gasteiger partial charge in [-0.25, -0.2) is 0 Å². The van der Waals surface area contributed by atoms with E-state index in [9.17, 15) is 13.2 Å². The largest absolute Gasteiger partial charge is 0.416 e. The average Bonchev–Trinajstić information content (AvgIpc) is 2.15. The molecular formula is C9H9F3N2. The first-order valence-corrected chi connectivity index (χ1v) is 3.86. The summed E-state index contributed by atoms with van der Waals surface area (Å²) in [5, 5.41) is 0. The van der Waals surface area contributed by atoms with Crippen molar-refractivity contribution in [3.63, 3.8) is 0 Å². The van der Waals surface area contributed by atoms with Crippen molar-refractivity contribution in [2.45, 2.75) is 12.2 Å². The highest BCUT2D eigenvalue weighted by molar-refractivity contribution is 5.31. The predicted molar refractivity (Wildman–Crippen MR) is 46.4 cm³/mol. The number of rotatable bonds is 2. The van der Waals surface area contributed by atoms with Crippen molar-refractivity contribution in [3.05, 3.63) is 42.2 Å². The van der Waals surface area contributed by atoms with Gasteiger partial charge in [0.05, 0.1) is 5.56 Å². The lowest BCUT2D eigenvalue weighted by Crippen LogP contribution is -2.16. The Morgan fingerprint density at radius 2 is 2.14 bits per heavy atom. The van der Waals surface area contributed by atoms with Gasteiger partial charge in [0, 0.05) is 24.0 Å². The van der Waals surface area contributed by atoms with Gasteiger partial charge in [-0.2, -0.15) is 13.2 Å². The topological polar surface area (TPSA) is 38.9 Å². The molecule has 0 saturated carbocycles. The summed E-state index contributed by atoms with van der Waals surface area (Å²) in [4.78, 5) is 3.60. The Balaban J connectivity index is 3.22. The molecule has 2 nitrogen and oxygen atoms in total. The van der Waals surface area contributed by atoms with Crippen LogP contribution in [-0.4, -0.2) is 4.98 Å². The molecule has 0 spiro atoms. The first-order chi connectivity index (χ1) is 6.46. The number of alkyl halides is 3. The summed E-state index contributed by atoms with van der Waals surface area (Å²) in [6.07, 6.45) is -0.970. The number of pyridine rings is 1. The van der Waals surface area contributed by atoms with Gasteiger partial charge in [-0.1, -0.05) is 6.08 Å². The van der Waals surface area contributed by atoms with Gasteiger partial charge < -0.3 is 5.73 Å². The highest BCUT2D eigenvalue weighted by atomic mass is 19.4. The first kappa shape index (κ1) is 10.7. The van der Waals surface area contributed by atoms with E-state index in [1.807, 2.05) is 0 Å². The van der Waals surface area contributed by atoms with Crippen molar-refractivity contribution in [1.29, 1.82) is 0 Å². The van der Waals surface area contributed by atoms with Gasteiger partial charge in [0.15, 0.2) is 0 Å². The Kier molecular flexibility index (Phi) is 2.90. The minimum atomic E-state index is -4.40. The van der Waals surface area contributed by atoms with E-state index in [0.29, 0.717) is 0 Å². The average molecular weight is 202 g/mol. The van der Waals surface area contributed by atoms with E-state index < -0.39 is 17.8 Å². The molecule has 14 heavy (non-hydrogen) atoms. The van der Waals surface area contributed by atoms with Crippen LogP contribution in [0.15, 0.2) is 31.1 Å². The van der Waals surface area contributed by atoms with Crippen LogP contribution in [0.2, 0.25) is 0 Å². The molecule has 76 valence electrons. The fourth-order valence-electron chi connectivity index (χ4n) is 1.06. The summed E-state index contributed by atoms with van der Waals surface area (Å²) in [7, 11) is 0. The Hall–Kier alpha value is -1.36. The number of hydrogen-bond donors (Lipinski definition) is 1. The van der Waals surface area contributed by atoms with Crippen LogP contribution < -0.4 is 5.73 Å². The number of aromatic nitrogens is 1. The Morgan fingerprint density at radius 3 is 2.64 bits per heavy atom. The molecule has 0 unspecified atom stereocenters. The molecule has 5 heteroatoms. The summed E-state index contributed by atoms with van der Waals surface area (Å²) < 4.78 is 37.3. The van der Waals surface area contributed by atoms with Crippen molar-refractivity contribution >= 4 is 0 Å². The lowest BCUT2D eigenvalue weighted by atomic mass is 10.0. The number of nitrogens with two attached hydrogens (primary N) is 1. The zero-order chi connectivity index (χ0) is 10.8. The smallest absolute Gasteiger partial charge is 0.321 e. The van der Waals surface area contributed by atoms with Crippen molar-refractivity contribution in [2.24, 2.45) is 5.73 Å². The van der Waals surface area contributed by atoms with E-state index in [0.717, 1.165) is 18.5 Å². The third kappa shape index (κ3) is 2.11. The van der Waals surface area contributed by atoms with Crippen LogP contribution in [0, 0.1) is 0 Å². The minimum absolute atomic E-state index is 0.0602. The SMILES string of the molecule is C=C[C@@H](N)c1cnccc1C(F)(F)F. The predicted octanol–water partition coefficient (Wildman–Crippen LogP) is 2.29. The minimum Gasteiger partial charge on any atom is -0.321 e. The molecule has 1 atom stereocenters. The van der Waals surface area contributed by atoms with E-state index in [1.54, 1.807) is 0 Å². The van der Waals surface area contributed by atoms with Gasteiger partial charge in [-0.05, 0) is 6.07 Å². The summed E-state index contributed by atoms with van der Waals surface area (Å²) in [5.74, 6) is 0. The number of hydrogen-bond acceptors (Lipinski definition) is 2. The molecule has 0 bridgehead atoms.